The lowest BCUT2D eigenvalue weighted by Crippen LogP contribution is -2.38. The zero-order chi connectivity index (χ0) is 25.6. The molecular weight excluding hydrogens is 481 g/mol. The summed E-state index contributed by atoms with van der Waals surface area (Å²) in [7, 11) is -1.92. The van der Waals surface area contributed by atoms with Gasteiger partial charge in [-0.2, -0.15) is 13.2 Å². The van der Waals surface area contributed by atoms with Gasteiger partial charge in [-0.15, -0.1) is 0 Å². The Kier molecular flexibility index (Phi) is 6.37. The number of fused-ring (bicyclic) bond motifs is 2. The van der Waals surface area contributed by atoms with Crippen molar-refractivity contribution in [1.29, 1.82) is 0 Å². The monoisotopic (exact) mass is 508 g/mol. The number of alkyl halides is 3. The third-order valence-corrected chi connectivity index (χ3v) is 8.58. The number of benzene rings is 2. The van der Waals surface area contributed by atoms with Gasteiger partial charge in [-0.1, -0.05) is 26.0 Å². The van der Waals surface area contributed by atoms with Crippen LogP contribution in [0.15, 0.2) is 42.5 Å². The number of anilines is 2. The summed E-state index contributed by atoms with van der Waals surface area (Å²) >= 11 is 0. The molecule has 0 fully saturated rings. The van der Waals surface area contributed by atoms with Crippen LogP contribution in [0.2, 0.25) is 0 Å². The number of aryl methyl sites for hydroxylation is 1. The summed E-state index contributed by atoms with van der Waals surface area (Å²) in [5, 5.41) is 2.76. The van der Waals surface area contributed by atoms with Gasteiger partial charge < -0.3 is 10.1 Å². The van der Waals surface area contributed by atoms with Gasteiger partial charge in [-0.3, -0.25) is 9.10 Å². The molecule has 1 amide bonds. The zero-order valence-corrected chi connectivity index (χ0v) is 20.5. The van der Waals surface area contributed by atoms with E-state index in [-0.39, 0.29) is 11.5 Å². The molecule has 0 bridgehead atoms. The Hall–Kier alpha value is -3.01. The molecule has 0 spiro atoms. The molecule has 188 valence electrons. The number of carbonyl (C=O) groups is 1. The van der Waals surface area contributed by atoms with E-state index in [0.29, 0.717) is 48.2 Å². The highest BCUT2D eigenvalue weighted by Crippen LogP contribution is 2.45. The van der Waals surface area contributed by atoms with Crippen molar-refractivity contribution >= 4 is 32.9 Å². The Labute approximate surface area is 202 Å². The number of ether oxygens (including phenoxy) is 1. The van der Waals surface area contributed by atoms with Crippen molar-refractivity contribution in [3.05, 3.63) is 59.2 Å². The van der Waals surface area contributed by atoms with Crippen molar-refractivity contribution in [3.8, 4) is 5.75 Å². The van der Waals surface area contributed by atoms with E-state index in [9.17, 15) is 26.4 Å². The molecule has 6 nitrogen and oxygen atoms in total. The van der Waals surface area contributed by atoms with Crippen molar-refractivity contribution in [2.75, 3.05) is 22.4 Å². The fraction of sp³-hybridized carbons (Fsp3) is 0.400. The minimum Gasteiger partial charge on any atom is -0.486 e. The lowest BCUT2D eigenvalue weighted by molar-refractivity contribution is -0.137. The van der Waals surface area contributed by atoms with Crippen LogP contribution < -0.4 is 14.4 Å². The molecule has 2 heterocycles. The molecule has 0 aliphatic carbocycles. The third-order valence-electron chi connectivity index (χ3n) is 6.83. The van der Waals surface area contributed by atoms with E-state index in [1.807, 2.05) is 13.8 Å². The first-order chi connectivity index (χ1) is 16.4. The number of nitrogens with one attached hydrogen (secondary N) is 1. The van der Waals surface area contributed by atoms with Crippen LogP contribution in [-0.4, -0.2) is 32.7 Å². The fourth-order valence-corrected chi connectivity index (χ4v) is 5.76. The van der Waals surface area contributed by atoms with Crippen LogP contribution in [0.3, 0.4) is 0 Å². The number of nitrogens with zero attached hydrogens (tertiary/aromatic N) is 1. The van der Waals surface area contributed by atoms with Gasteiger partial charge in [0.15, 0.2) is 0 Å². The molecule has 0 saturated carbocycles. The van der Waals surface area contributed by atoms with Crippen LogP contribution in [0.4, 0.5) is 24.5 Å². The maximum Gasteiger partial charge on any atom is 0.416 e. The van der Waals surface area contributed by atoms with E-state index in [1.54, 1.807) is 18.2 Å². The molecule has 2 aliphatic heterocycles. The van der Waals surface area contributed by atoms with E-state index >= 15 is 0 Å². The second kappa shape index (κ2) is 8.89. The number of halogens is 3. The Bertz CT molecular complexity index is 1300. The maximum atomic E-state index is 13.3. The first kappa shape index (κ1) is 25.1. The molecule has 0 radical (unpaired) electrons. The second-order valence-corrected chi connectivity index (χ2v) is 11.0. The predicted molar refractivity (Wildman–Crippen MR) is 129 cm³/mol. The summed E-state index contributed by atoms with van der Waals surface area (Å²) in [4.78, 5) is 12.9. The number of rotatable bonds is 4. The smallest absolute Gasteiger partial charge is 0.416 e. The second-order valence-electron chi connectivity index (χ2n) is 8.91. The normalized spacial score (nSPS) is 19.5. The van der Waals surface area contributed by atoms with Crippen LogP contribution in [0.25, 0.3) is 5.57 Å². The topological polar surface area (TPSA) is 75.7 Å². The van der Waals surface area contributed by atoms with Gasteiger partial charge in [0.05, 0.1) is 17.0 Å². The average molecular weight is 509 g/mol. The summed E-state index contributed by atoms with van der Waals surface area (Å²) in [6, 6.07) is 8.41. The van der Waals surface area contributed by atoms with Crippen molar-refractivity contribution in [2.45, 2.75) is 51.3 Å². The van der Waals surface area contributed by atoms with Crippen LogP contribution >= 0.6 is 0 Å². The molecule has 35 heavy (non-hydrogen) atoms. The van der Waals surface area contributed by atoms with Gasteiger partial charge in [0.25, 0.3) is 0 Å². The van der Waals surface area contributed by atoms with E-state index in [0.717, 1.165) is 17.7 Å². The lowest BCUT2D eigenvalue weighted by Gasteiger charge is -2.39. The van der Waals surface area contributed by atoms with E-state index in [1.165, 1.54) is 23.5 Å². The summed E-state index contributed by atoms with van der Waals surface area (Å²) < 4.78 is 71.5. The molecule has 0 aromatic heterocycles. The molecule has 0 unspecified atom stereocenters. The standard InChI is InChI=1S/C25H27F3N2O4S/c1-4-24(5-2)15-17(20-9-7-18(25(26,27)28)13-22(20)34-24)12-23(31)29-19-8-6-16-10-11-35(32,33)30(3)21(16)14-19/h6-9,12-14H,4-5,10-11,15H2,1-3H3,(H,29,31)/b17-12+. The zero-order valence-electron chi connectivity index (χ0n) is 19.7. The van der Waals surface area contributed by atoms with Crippen LogP contribution in [0.1, 0.15) is 49.8 Å². The third kappa shape index (κ3) is 4.89. The van der Waals surface area contributed by atoms with Crippen LogP contribution in [0, 0.1) is 0 Å². The number of amides is 1. The average Bonchev–Trinajstić information content (AvgIpc) is 2.80. The largest absolute Gasteiger partial charge is 0.486 e. The highest BCUT2D eigenvalue weighted by atomic mass is 32.2. The van der Waals surface area contributed by atoms with Crippen molar-refractivity contribution in [3.63, 3.8) is 0 Å². The highest BCUT2D eigenvalue weighted by Gasteiger charge is 2.38. The number of hydrogen-bond donors (Lipinski definition) is 1. The fourth-order valence-electron chi connectivity index (χ4n) is 4.54. The quantitative estimate of drug-likeness (QED) is 0.562. The first-order valence-electron chi connectivity index (χ1n) is 11.4. The summed E-state index contributed by atoms with van der Waals surface area (Å²) in [5.74, 6) is -0.327. The molecule has 0 saturated heterocycles. The van der Waals surface area contributed by atoms with Gasteiger partial charge in [0.1, 0.15) is 11.4 Å². The number of carbonyl (C=O) groups excluding carboxylic acids is 1. The molecule has 10 heteroatoms. The molecular formula is C25H27F3N2O4S. The van der Waals surface area contributed by atoms with E-state index < -0.39 is 33.3 Å². The van der Waals surface area contributed by atoms with E-state index in [2.05, 4.69) is 5.32 Å². The van der Waals surface area contributed by atoms with Gasteiger partial charge in [-0.25, -0.2) is 8.42 Å². The molecule has 4 rings (SSSR count). The van der Waals surface area contributed by atoms with Gasteiger partial charge in [0.2, 0.25) is 15.9 Å². The van der Waals surface area contributed by atoms with Crippen molar-refractivity contribution in [2.24, 2.45) is 0 Å². The molecule has 2 aliphatic rings. The Morgan fingerprint density at radius 3 is 2.54 bits per heavy atom. The minimum atomic E-state index is -4.51. The number of sulfonamides is 1. The Morgan fingerprint density at radius 2 is 1.89 bits per heavy atom. The Morgan fingerprint density at radius 1 is 1.17 bits per heavy atom. The highest BCUT2D eigenvalue weighted by molar-refractivity contribution is 7.92. The summed E-state index contributed by atoms with van der Waals surface area (Å²) in [6.45, 7) is 3.80. The molecule has 2 aromatic carbocycles. The van der Waals surface area contributed by atoms with Crippen LogP contribution in [-0.2, 0) is 27.4 Å². The maximum absolute atomic E-state index is 13.3. The Balaban J connectivity index is 1.66. The lowest BCUT2D eigenvalue weighted by atomic mass is 9.83. The van der Waals surface area contributed by atoms with Gasteiger partial charge in [-0.05, 0) is 54.7 Å². The molecule has 2 aromatic rings. The summed E-state index contributed by atoms with van der Waals surface area (Å²) in [5.41, 5.74) is 1.30. The minimum absolute atomic E-state index is 0.0302. The van der Waals surface area contributed by atoms with Gasteiger partial charge in [0, 0.05) is 30.8 Å². The van der Waals surface area contributed by atoms with Crippen molar-refractivity contribution < 1.29 is 31.1 Å². The molecule has 0 atom stereocenters. The SMILES string of the molecule is CCC1(CC)C/C(=C\C(=O)Nc2ccc3c(c2)N(C)S(=O)(=O)CC3)c2ccc(C(F)(F)F)cc2O1. The summed E-state index contributed by atoms with van der Waals surface area (Å²) in [6.07, 6.45) is -1.24. The van der Waals surface area contributed by atoms with E-state index in [4.69, 9.17) is 4.74 Å². The predicted octanol–water partition coefficient (Wildman–Crippen LogP) is 5.39. The molecule has 1 N–H and O–H groups in total. The van der Waals surface area contributed by atoms with Crippen LogP contribution in [0.5, 0.6) is 5.75 Å². The van der Waals surface area contributed by atoms with Crippen molar-refractivity contribution in [1.82, 2.24) is 0 Å². The first-order valence-corrected chi connectivity index (χ1v) is 13.0. The van der Waals surface area contributed by atoms with Gasteiger partial charge >= 0.3 is 6.18 Å². The number of hydrogen-bond acceptors (Lipinski definition) is 4.